The van der Waals surface area contributed by atoms with Gasteiger partial charge < -0.3 is 10.4 Å². The highest BCUT2D eigenvalue weighted by molar-refractivity contribution is 5.39. The first-order valence-corrected chi connectivity index (χ1v) is 5.43. The summed E-state index contributed by atoms with van der Waals surface area (Å²) in [5.74, 6) is 0.571. The van der Waals surface area contributed by atoms with Gasteiger partial charge in [-0.25, -0.2) is 4.39 Å². The average molecular weight is 235 g/mol. The van der Waals surface area contributed by atoms with Crippen molar-refractivity contribution in [2.45, 2.75) is 20.0 Å². The molecule has 2 rings (SSSR count). The molecule has 0 aliphatic heterocycles. The molecular weight excluding hydrogens is 221 g/mol. The lowest BCUT2D eigenvalue weighted by Crippen LogP contribution is -2.07. The Morgan fingerprint density at radius 1 is 1.41 bits per heavy atom. The zero-order chi connectivity index (χ0) is 12.3. The Labute approximate surface area is 98.7 Å². The van der Waals surface area contributed by atoms with Gasteiger partial charge in [-0.2, -0.15) is 5.10 Å². The molecule has 0 fully saturated rings. The maximum atomic E-state index is 13.0. The number of aromatic nitrogens is 2. The third-order valence-corrected chi connectivity index (χ3v) is 2.52. The normalized spacial score (nSPS) is 10.5. The van der Waals surface area contributed by atoms with Gasteiger partial charge >= 0.3 is 0 Å². The van der Waals surface area contributed by atoms with E-state index in [1.54, 1.807) is 10.9 Å². The molecule has 0 aliphatic rings. The number of hydrogen-bond donors (Lipinski definition) is 2. The predicted octanol–water partition coefficient (Wildman–Crippen LogP) is 2.36. The number of rotatable bonds is 4. The number of benzene rings is 1. The van der Waals surface area contributed by atoms with Crippen molar-refractivity contribution < 1.29 is 9.50 Å². The molecule has 0 saturated carbocycles. The number of anilines is 1. The van der Waals surface area contributed by atoms with Crippen LogP contribution in [0.2, 0.25) is 0 Å². The van der Waals surface area contributed by atoms with Crippen molar-refractivity contribution in [2.75, 3.05) is 5.32 Å². The van der Waals surface area contributed by atoms with Gasteiger partial charge in [-0.1, -0.05) is 0 Å². The van der Waals surface area contributed by atoms with Gasteiger partial charge in [0, 0.05) is 24.7 Å². The largest absolute Gasteiger partial charge is 0.508 e. The van der Waals surface area contributed by atoms with E-state index in [2.05, 4.69) is 10.4 Å². The van der Waals surface area contributed by atoms with Crippen molar-refractivity contribution in [3.8, 4) is 5.75 Å². The van der Waals surface area contributed by atoms with Gasteiger partial charge in [-0.15, -0.1) is 0 Å². The third kappa shape index (κ3) is 2.55. The molecule has 90 valence electrons. The second-order valence-electron chi connectivity index (χ2n) is 3.66. The molecule has 0 saturated heterocycles. The minimum Gasteiger partial charge on any atom is -0.508 e. The molecule has 5 heteroatoms. The molecule has 1 heterocycles. The van der Waals surface area contributed by atoms with Crippen molar-refractivity contribution in [1.82, 2.24) is 9.78 Å². The Balaban J connectivity index is 2.09. The third-order valence-electron chi connectivity index (χ3n) is 2.52. The quantitative estimate of drug-likeness (QED) is 0.855. The van der Waals surface area contributed by atoms with Crippen molar-refractivity contribution >= 4 is 5.82 Å². The fourth-order valence-corrected chi connectivity index (χ4v) is 1.62. The van der Waals surface area contributed by atoms with E-state index in [0.29, 0.717) is 12.1 Å². The van der Waals surface area contributed by atoms with Crippen LogP contribution < -0.4 is 5.32 Å². The lowest BCUT2D eigenvalue weighted by atomic mass is 10.2. The summed E-state index contributed by atoms with van der Waals surface area (Å²) in [6.45, 7) is 3.09. The van der Waals surface area contributed by atoms with Crippen LogP contribution in [0.15, 0.2) is 30.5 Å². The molecule has 0 bridgehead atoms. The van der Waals surface area contributed by atoms with Gasteiger partial charge in [-0.05, 0) is 25.1 Å². The minimum atomic E-state index is -0.358. The number of phenols is 1. The molecule has 0 amide bonds. The van der Waals surface area contributed by atoms with E-state index in [1.165, 1.54) is 18.2 Å². The monoisotopic (exact) mass is 235 g/mol. The number of nitrogens with one attached hydrogen (secondary N) is 1. The van der Waals surface area contributed by atoms with Gasteiger partial charge in [0.05, 0.1) is 6.20 Å². The second kappa shape index (κ2) is 4.86. The van der Waals surface area contributed by atoms with Gasteiger partial charge in [0.25, 0.3) is 0 Å². The molecule has 0 radical (unpaired) electrons. The molecule has 17 heavy (non-hydrogen) atoms. The molecule has 4 nitrogen and oxygen atoms in total. The molecule has 0 unspecified atom stereocenters. The van der Waals surface area contributed by atoms with Crippen LogP contribution in [0.5, 0.6) is 5.75 Å². The molecule has 0 aliphatic carbocycles. The highest BCUT2D eigenvalue weighted by Crippen LogP contribution is 2.19. The predicted molar refractivity (Wildman–Crippen MR) is 63.3 cm³/mol. The van der Waals surface area contributed by atoms with Crippen molar-refractivity contribution in [2.24, 2.45) is 0 Å². The zero-order valence-corrected chi connectivity index (χ0v) is 9.52. The Morgan fingerprint density at radius 3 is 3.00 bits per heavy atom. The average Bonchev–Trinajstić information content (AvgIpc) is 2.77. The lowest BCUT2D eigenvalue weighted by molar-refractivity contribution is 0.466. The summed E-state index contributed by atoms with van der Waals surface area (Å²) in [5.41, 5.74) is 0.522. The standard InChI is InChI=1S/C12H14FN3O/c1-2-16-12(5-6-15-16)14-8-9-7-10(13)3-4-11(9)17/h3-7,14,17H,2,8H2,1H3. The van der Waals surface area contributed by atoms with Crippen molar-refractivity contribution in [3.05, 3.63) is 41.8 Å². The first kappa shape index (κ1) is 11.4. The van der Waals surface area contributed by atoms with Crippen LogP contribution in [-0.2, 0) is 13.1 Å². The zero-order valence-electron chi connectivity index (χ0n) is 9.52. The molecule has 2 N–H and O–H groups in total. The molecule has 0 atom stereocenters. The van der Waals surface area contributed by atoms with Crippen LogP contribution in [-0.4, -0.2) is 14.9 Å². The van der Waals surface area contributed by atoms with Crippen LogP contribution in [0.1, 0.15) is 12.5 Å². The molecular formula is C12H14FN3O. The van der Waals surface area contributed by atoms with E-state index in [-0.39, 0.29) is 11.6 Å². The number of halogens is 1. The van der Waals surface area contributed by atoms with E-state index in [0.717, 1.165) is 12.4 Å². The number of nitrogens with zero attached hydrogens (tertiary/aromatic N) is 2. The number of hydrogen-bond acceptors (Lipinski definition) is 3. The van der Waals surface area contributed by atoms with Crippen molar-refractivity contribution in [3.63, 3.8) is 0 Å². The Kier molecular flexibility index (Phi) is 3.27. The van der Waals surface area contributed by atoms with E-state index >= 15 is 0 Å². The van der Waals surface area contributed by atoms with E-state index in [9.17, 15) is 9.50 Å². The number of aromatic hydroxyl groups is 1. The summed E-state index contributed by atoms with van der Waals surface area (Å²) >= 11 is 0. The van der Waals surface area contributed by atoms with Gasteiger partial charge in [0.2, 0.25) is 0 Å². The Bertz CT molecular complexity index is 510. The molecule has 2 aromatic rings. The SMILES string of the molecule is CCn1nccc1NCc1cc(F)ccc1O. The van der Waals surface area contributed by atoms with Crippen LogP contribution in [0.3, 0.4) is 0 Å². The summed E-state index contributed by atoms with van der Waals surface area (Å²) in [5, 5.41) is 16.8. The fourth-order valence-electron chi connectivity index (χ4n) is 1.62. The summed E-state index contributed by atoms with van der Waals surface area (Å²) in [6.07, 6.45) is 1.69. The van der Waals surface area contributed by atoms with Gasteiger partial charge in [0.1, 0.15) is 17.4 Å². The summed E-state index contributed by atoms with van der Waals surface area (Å²) in [7, 11) is 0. The molecule has 1 aromatic carbocycles. The van der Waals surface area contributed by atoms with E-state index in [1.807, 2.05) is 13.0 Å². The maximum absolute atomic E-state index is 13.0. The summed E-state index contributed by atoms with van der Waals surface area (Å²) < 4.78 is 14.8. The molecule has 1 aromatic heterocycles. The smallest absolute Gasteiger partial charge is 0.124 e. The van der Waals surface area contributed by atoms with Gasteiger partial charge in [0.15, 0.2) is 0 Å². The number of aryl methyl sites for hydroxylation is 1. The highest BCUT2D eigenvalue weighted by Gasteiger charge is 2.04. The van der Waals surface area contributed by atoms with Gasteiger partial charge in [-0.3, -0.25) is 4.68 Å². The maximum Gasteiger partial charge on any atom is 0.124 e. The van der Waals surface area contributed by atoms with E-state index in [4.69, 9.17) is 0 Å². The number of phenolic OH excluding ortho intramolecular Hbond substituents is 1. The summed E-state index contributed by atoms with van der Waals surface area (Å²) in [4.78, 5) is 0. The van der Waals surface area contributed by atoms with Crippen LogP contribution >= 0.6 is 0 Å². The first-order chi connectivity index (χ1) is 8.20. The Morgan fingerprint density at radius 2 is 2.24 bits per heavy atom. The van der Waals surface area contributed by atoms with Crippen LogP contribution in [0.4, 0.5) is 10.2 Å². The second-order valence-corrected chi connectivity index (χ2v) is 3.66. The topological polar surface area (TPSA) is 50.1 Å². The lowest BCUT2D eigenvalue weighted by Gasteiger charge is -2.09. The van der Waals surface area contributed by atoms with Crippen LogP contribution in [0, 0.1) is 5.82 Å². The first-order valence-electron chi connectivity index (χ1n) is 5.43. The minimum absolute atomic E-state index is 0.0847. The highest BCUT2D eigenvalue weighted by atomic mass is 19.1. The van der Waals surface area contributed by atoms with E-state index < -0.39 is 0 Å². The Hall–Kier alpha value is -2.04. The van der Waals surface area contributed by atoms with Crippen molar-refractivity contribution in [1.29, 1.82) is 0 Å². The fraction of sp³-hybridized carbons (Fsp3) is 0.250. The molecule has 0 spiro atoms. The van der Waals surface area contributed by atoms with Crippen LogP contribution in [0.25, 0.3) is 0 Å². The summed E-state index contributed by atoms with van der Waals surface area (Å²) in [6, 6.07) is 5.73.